The molecule has 0 fully saturated rings. The molecule has 0 aliphatic carbocycles. The van der Waals surface area contributed by atoms with Crippen molar-refractivity contribution in [3.8, 4) is 28.7 Å². The number of hydrogen-bond acceptors (Lipinski definition) is 3. The molecule has 3 rings (SSSR count). The minimum atomic E-state index is -4.36. The molecule has 0 amide bonds. The van der Waals surface area contributed by atoms with Crippen LogP contribution < -0.4 is 39.4 Å². The molecule has 0 saturated heterocycles. The normalized spacial score (nSPS) is 11.5. The summed E-state index contributed by atoms with van der Waals surface area (Å²) in [4.78, 5) is 10.9. The Hall–Kier alpha value is -2.72. The fraction of sp³-hybridized carbons (Fsp3) is 0.192. The van der Waals surface area contributed by atoms with E-state index in [1.54, 1.807) is 31.2 Å². The molecule has 0 radical (unpaired) electrons. The maximum Gasteiger partial charge on any atom is 1.00 e. The molecule has 1 atom stereocenters. The van der Waals surface area contributed by atoms with E-state index in [9.17, 15) is 23.1 Å². The second-order valence-corrected chi connectivity index (χ2v) is 7.16. The maximum absolute atomic E-state index is 12.8. The number of hydrogen-bond donors (Lipinski definition) is 0. The first-order valence-electron chi connectivity index (χ1n) is 9.87. The van der Waals surface area contributed by atoms with Crippen LogP contribution in [0.3, 0.4) is 0 Å². The van der Waals surface area contributed by atoms with Gasteiger partial charge in [0, 0.05) is 12.4 Å². The van der Waals surface area contributed by atoms with Gasteiger partial charge in [0.1, 0.15) is 12.4 Å². The van der Waals surface area contributed by atoms with E-state index >= 15 is 0 Å². The smallest absolute Gasteiger partial charge is 0.550 e. The number of rotatable bonds is 7. The van der Waals surface area contributed by atoms with Gasteiger partial charge in [0.15, 0.2) is 0 Å². The minimum absolute atomic E-state index is 0. The van der Waals surface area contributed by atoms with Gasteiger partial charge < -0.3 is 14.6 Å². The quantitative estimate of drug-likeness (QED) is 0.401. The monoisotopic (exact) mass is 460 g/mol. The van der Waals surface area contributed by atoms with Crippen molar-refractivity contribution in [2.24, 2.45) is 0 Å². The summed E-state index contributed by atoms with van der Waals surface area (Å²) in [5, 5.41) is 10.9. The molecule has 3 aromatic carbocycles. The van der Waals surface area contributed by atoms with Gasteiger partial charge in [-0.15, -0.1) is 5.92 Å². The zero-order chi connectivity index (χ0) is 23.1. The largest absolute Gasteiger partial charge is 1.00 e. The third kappa shape index (κ3) is 7.68. The Morgan fingerprint density at radius 1 is 1.00 bits per heavy atom. The third-order valence-electron chi connectivity index (χ3n) is 4.85. The fourth-order valence-electron chi connectivity index (χ4n) is 3.25. The predicted molar refractivity (Wildman–Crippen MR) is 113 cm³/mol. The van der Waals surface area contributed by atoms with Crippen LogP contribution in [0.25, 0.3) is 11.1 Å². The topological polar surface area (TPSA) is 49.4 Å². The van der Waals surface area contributed by atoms with E-state index in [0.29, 0.717) is 11.3 Å². The molecule has 0 aromatic heterocycles. The van der Waals surface area contributed by atoms with Crippen molar-refractivity contribution >= 4 is 5.97 Å². The van der Waals surface area contributed by atoms with Crippen LogP contribution in [0.2, 0.25) is 0 Å². The van der Waals surface area contributed by atoms with Gasteiger partial charge in [-0.25, -0.2) is 0 Å². The van der Waals surface area contributed by atoms with E-state index in [1.165, 1.54) is 12.1 Å². The third-order valence-corrected chi connectivity index (χ3v) is 4.85. The summed E-state index contributed by atoms with van der Waals surface area (Å²) in [6, 6.07) is 19.4. The number of carboxylic acid groups (broad SMARTS) is 1. The average Bonchev–Trinajstić information content (AvgIpc) is 2.77. The first-order valence-corrected chi connectivity index (χ1v) is 9.87. The van der Waals surface area contributed by atoms with Gasteiger partial charge in [-0.1, -0.05) is 48.4 Å². The van der Waals surface area contributed by atoms with Gasteiger partial charge in [0.2, 0.25) is 0 Å². The molecule has 0 N–H and O–H groups in total. The number of benzene rings is 3. The summed E-state index contributed by atoms with van der Waals surface area (Å²) in [6.45, 7) is 1.92. The molecule has 3 nitrogen and oxygen atoms in total. The number of carbonyl (C=O) groups excluding carboxylic acids is 1. The Bertz CT molecular complexity index is 1130. The van der Waals surface area contributed by atoms with Crippen molar-refractivity contribution in [3.05, 3.63) is 89.5 Å². The molecule has 0 spiro atoms. The molecule has 164 valence electrons. The second-order valence-electron chi connectivity index (χ2n) is 7.16. The Morgan fingerprint density at radius 3 is 2.24 bits per heavy atom. The minimum Gasteiger partial charge on any atom is -0.550 e. The Labute approximate surface area is 212 Å². The second kappa shape index (κ2) is 11.9. The predicted octanol–water partition coefficient (Wildman–Crippen LogP) is 2.20. The van der Waals surface area contributed by atoms with Gasteiger partial charge in [-0.2, -0.15) is 13.2 Å². The summed E-state index contributed by atoms with van der Waals surface area (Å²) in [6.07, 6.45) is -4.55. The Kier molecular flexibility index (Phi) is 9.60. The summed E-state index contributed by atoms with van der Waals surface area (Å²) in [5.74, 6) is 4.60. The van der Waals surface area contributed by atoms with E-state index in [0.717, 1.165) is 28.8 Å². The molecule has 0 heterocycles. The van der Waals surface area contributed by atoms with Crippen LogP contribution in [0.4, 0.5) is 13.2 Å². The van der Waals surface area contributed by atoms with Crippen LogP contribution in [-0.2, 0) is 17.6 Å². The zero-order valence-corrected chi connectivity index (χ0v) is 20.3. The first-order chi connectivity index (χ1) is 15.3. The van der Waals surface area contributed by atoms with E-state index in [1.807, 2.05) is 24.3 Å². The molecule has 0 bridgehead atoms. The van der Waals surface area contributed by atoms with Crippen LogP contribution in [0, 0.1) is 11.8 Å². The van der Waals surface area contributed by atoms with Crippen molar-refractivity contribution in [2.45, 2.75) is 32.0 Å². The van der Waals surface area contributed by atoms with E-state index < -0.39 is 23.6 Å². The summed E-state index contributed by atoms with van der Waals surface area (Å²) in [5.41, 5.74) is 2.41. The Morgan fingerprint density at radius 2 is 1.67 bits per heavy atom. The average molecular weight is 460 g/mol. The SMILES string of the molecule is CC#C[C@@H](CC(=O)[O-])c1ccc(OCc2cccc(-c3ccc(C(F)(F)F)cc3)c2)cc1.[Na+]. The first kappa shape index (κ1) is 26.5. The molecular formula is C26H20F3NaO3. The number of aliphatic carboxylic acids is 1. The van der Waals surface area contributed by atoms with E-state index in [-0.39, 0.29) is 42.6 Å². The summed E-state index contributed by atoms with van der Waals surface area (Å²) in [7, 11) is 0. The molecule has 0 aliphatic heterocycles. The van der Waals surface area contributed by atoms with Crippen molar-refractivity contribution < 1.29 is 57.4 Å². The van der Waals surface area contributed by atoms with Gasteiger partial charge in [-0.05, 0) is 59.5 Å². The molecule has 7 heteroatoms. The van der Waals surface area contributed by atoms with Crippen molar-refractivity contribution in [2.75, 3.05) is 0 Å². The van der Waals surface area contributed by atoms with Crippen LogP contribution in [0.1, 0.15) is 36.0 Å². The van der Waals surface area contributed by atoms with Crippen LogP contribution >= 0.6 is 0 Å². The van der Waals surface area contributed by atoms with Gasteiger partial charge in [0.25, 0.3) is 0 Å². The van der Waals surface area contributed by atoms with Crippen molar-refractivity contribution in [1.82, 2.24) is 0 Å². The molecule has 33 heavy (non-hydrogen) atoms. The van der Waals surface area contributed by atoms with Gasteiger partial charge >= 0.3 is 35.7 Å². The van der Waals surface area contributed by atoms with Crippen molar-refractivity contribution in [3.63, 3.8) is 0 Å². The van der Waals surface area contributed by atoms with Gasteiger partial charge in [0.05, 0.1) is 11.5 Å². The maximum atomic E-state index is 12.8. The van der Waals surface area contributed by atoms with Gasteiger partial charge in [-0.3, -0.25) is 0 Å². The Balaban J connectivity index is 0.00000385. The number of carbonyl (C=O) groups is 1. The molecule has 0 aliphatic rings. The number of carboxylic acids is 1. The molecule has 0 unspecified atom stereocenters. The van der Waals surface area contributed by atoms with Crippen LogP contribution in [0.5, 0.6) is 5.75 Å². The molecule has 0 saturated carbocycles. The molecular weight excluding hydrogens is 440 g/mol. The zero-order valence-electron chi connectivity index (χ0n) is 18.3. The standard InChI is InChI=1S/C26H21F3O3.Na/c1-2-4-21(16-25(30)31)20-9-13-24(14-10-20)32-17-18-5-3-6-22(15-18)19-7-11-23(12-8-19)26(27,28)29;/h3,5-15,21H,16-17H2,1H3,(H,30,31);/q;+1/p-1/t21-;/m0./s1. The number of halogens is 3. The molecule has 3 aromatic rings. The fourth-order valence-corrected chi connectivity index (χ4v) is 3.25. The number of alkyl halides is 3. The summed E-state index contributed by atoms with van der Waals surface area (Å²) >= 11 is 0. The number of ether oxygens (including phenoxy) is 1. The van der Waals surface area contributed by atoms with E-state index in [4.69, 9.17) is 4.74 Å². The van der Waals surface area contributed by atoms with E-state index in [2.05, 4.69) is 11.8 Å². The summed E-state index contributed by atoms with van der Waals surface area (Å²) < 4.78 is 44.1. The van der Waals surface area contributed by atoms with Crippen LogP contribution in [-0.4, -0.2) is 5.97 Å². The van der Waals surface area contributed by atoms with Crippen molar-refractivity contribution in [1.29, 1.82) is 0 Å². The van der Waals surface area contributed by atoms with Crippen LogP contribution in [0.15, 0.2) is 72.8 Å².